The van der Waals surface area contributed by atoms with Gasteiger partial charge in [0.15, 0.2) is 11.9 Å². The molecular formula is C13H30N6. The van der Waals surface area contributed by atoms with E-state index in [0.29, 0.717) is 0 Å². The van der Waals surface area contributed by atoms with Crippen LogP contribution < -0.4 is 0 Å². The Bertz CT molecular complexity index is 311. The quantitative estimate of drug-likeness (QED) is 0.420. The average molecular weight is 270 g/mol. The first kappa shape index (κ1) is 17.5. The fraction of sp³-hybridized carbons (Fsp3) is 0.846. The Balaban J connectivity index is 5.37. The van der Waals surface area contributed by atoms with Gasteiger partial charge >= 0.3 is 0 Å². The van der Waals surface area contributed by atoms with Gasteiger partial charge in [-0.2, -0.15) is 0 Å². The van der Waals surface area contributed by atoms with Crippen LogP contribution in [-0.4, -0.2) is 93.6 Å². The molecule has 0 aromatic heterocycles. The van der Waals surface area contributed by atoms with E-state index in [2.05, 4.69) is 33.6 Å². The Kier molecular flexibility index (Phi) is 6.12. The van der Waals surface area contributed by atoms with Crippen LogP contribution in [-0.2, 0) is 0 Å². The third-order valence-corrected chi connectivity index (χ3v) is 3.44. The Morgan fingerprint density at radius 3 is 1.11 bits per heavy atom. The molecule has 0 aromatic rings. The molecule has 0 bridgehead atoms. The molecular weight excluding hydrogens is 240 g/mol. The van der Waals surface area contributed by atoms with Gasteiger partial charge in [-0.25, -0.2) is 0 Å². The van der Waals surface area contributed by atoms with Crippen molar-refractivity contribution in [1.82, 2.24) is 19.6 Å². The number of rotatable bonds is 2. The Labute approximate surface area is 118 Å². The van der Waals surface area contributed by atoms with Crippen molar-refractivity contribution in [3.05, 3.63) is 0 Å². The van der Waals surface area contributed by atoms with Crippen molar-refractivity contribution in [2.24, 2.45) is 9.98 Å². The van der Waals surface area contributed by atoms with Crippen molar-refractivity contribution in [3.8, 4) is 0 Å². The van der Waals surface area contributed by atoms with Crippen LogP contribution >= 0.6 is 0 Å². The zero-order chi connectivity index (χ0) is 15.4. The molecule has 0 unspecified atom stereocenters. The van der Waals surface area contributed by atoms with Crippen molar-refractivity contribution >= 4 is 11.9 Å². The molecule has 0 rings (SSSR count). The highest BCUT2D eigenvalue weighted by molar-refractivity contribution is 5.83. The maximum Gasteiger partial charge on any atom is 0.197 e. The largest absolute Gasteiger partial charge is 0.349 e. The molecule has 6 heteroatoms. The zero-order valence-electron chi connectivity index (χ0n) is 14.2. The van der Waals surface area contributed by atoms with Gasteiger partial charge in [0.25, 0.3) is 0 Å². The smallest absolute Gasteiger partial charge is 0.197 e. The number of hydrogen-bond donors (Lipinski definition) is 0. The first-order chi connectivity index (χ1) is 8.61. The van der Waals surface area contributed by atoms with Crippen LogP contribution in [0, 0.1) is 0 Å². The molecule has 0 radical (unpaired) electrons. The zero-order valence-corrected chi connectivity index (χ0v) is 14.2. The molecule has 0 heterocycles. The molecule has 0 aliphatic rings. The van der Waals surface area contributed by atoms with Crippen molar-refractivity contribution in [2.75, 3.05) is 56.4 Å². The van der Waals surface area contributed by atoms with E-state index >= 15 is 0 Å². The Hall–Kier alpha value is -1.46. The molecule has 0 N–H and O–H groups in total. The standard InChI is InChI=1S/C13H30N6/c1-13(2,18(9)11(14-3)16(5)6)19(10)12(15-4)17(7)8/h1-10H3. The molecule has 0 aliphatic heterocycles. The minimum Gasteiger partial charge on any atom is -0.349 e. The minimum absolute atomic E-state index is 0.252. The molecule has 0 aliphatic carbocycles. The second kappa shape index (κ2) is 6.63. The summed E-state index contributed by atoms with van der Waals surface area (Å²) in [5.74, 6) is 1.84. The Morgan fingerprint density at radius 1 is 0.684 bits per heavy atom. The number of hydrogen-bond acceptors (Lipinski definition) is 2. The van der Waals surface area contributed by atoms with Crippen LogP contribution in [0.1, 0.15) is 13.8 Å². The fourth-order valence-corrected chi connectivity index (χ4v) is 2.01. The lowest BCUT2D eigenvalue weighted by Gasteiger charge is -2.47. The van der Waals surface area contributed by atoms with E-state index < -0.39 is 0 Å². The van der Waals surface area contributed by atoms with E-state index in [9.17, 15) is 0 Å². The second-order valence-corrected chi connectivity index (χ2v) is 5.45. The van der Waals surface area contributed by atoms with E-state index in [1.54, 1.807) is 0 Å². The molecule has 0 spiro atoms. The molecule has 0 amide bonds. The van der Waals surface area contributed by atoms with Gasteiger partial charge in [-0.15, -0.1) is 0 Å². The summed E-state index contributed by atoms with van der Waals surface area (Å²) < 4.78 is 0. The van der Waals surface area contributed by atoms with Gasteiger partial charge < -0.3 is 19.6 Å². The lowest BCUT2D eigenvalue weighted by atomic mass is 10.2. The molecule has 0 aromatic carbocycles. The lowest BCUT2D eigenvalue weighted by Crippen LogP contribution is -2.61. The molecule has 0 atom stereocenters. The predicted octanol–water partition coefficient (Wildman–Crippen LogP) is 0.681. The maximum atomic E-state index is 4.35. The highest BCUT2D eigenvalue weighted by atomic mass is 15.5. The van der Waals surface area contributed by atoms with Crippen LogP contribution in [0.4, 0.5) is 0 Å². The lowest BCUT2D eigenvalue weighted by molar-refractivity contribution is 0.0898. The highest BCUT2D eigenvalue weighted by Crippen LogP contribution is 2.19. The molecule has 0 saturated carbocycles. The molecule has 6 nitrogen and oxygen atoms in total. The van der Waals surface area contributed by atoms with Gasteiger partial charge in [0.1, 0.15) is 5.66 Å². The van der Waals surface area contributed by atoms with E-state index in [-0.39, 0.29) is 5.66 Å². The summed E-state index contributed by atoms with van der Waals surface area (Å²) in [6.45, 7) is 4.30. The topological polar surface area (TPSA) is 37.7 Å². The number of nitrogens with zero attached hydrogens (tertiary/aromatic N) is 6. The van der Waals surface area contributed by atoms with Gasteiger partial charge in [-0.05, 0) is 13.8 Å². The number of guanidine groups is 2. The minimum atomic E-state index is -0.252. The summed E-state index contributed by atoms with van der Waals surface area (Å²) in [5, 5.41) is 0. The third kappa shape index (κ3) is 3.75. The molecule has 19 heavy (non-hydrogen) atoms. The van der Waals surface area contributed by atoms with E-state index in [4.69, 9.17) is 0 Å². The maximum absolute atomic E-state index is 4.35. The normalized spacial score (nSPS) is 13.4. The van der Waals surface area contributed by atoms with Crippen LogP contribution in [0.3, 0.4) is 0 Å². The summed E-state index contributed by atoms with van der Waals surface area (Å²) in [5.41, 5.74) is -0.252. The summed E-state index contributed by atoms with van der Waals surface area (Å²) >= 11 is 0. The summed E-state index contributed by atoms with van der Waals surface area (Å²) in [6.07, 6.45) is 0. The monoisotopic (exact) mass is 270 g/mol. The van der Waals surface area contributed by atoms with Crippen LogP contribution in [0.15, 0.2) is 9.98 Å². The van der Waals surface area contributed by atoms with E-state index in [1.165, 1.54) is 0 Å². The highest BCUT2D eigenvalue weighted by Gasteiger charge is 2.33. The van der Waals surface area contributed by atoms with E-state index in [1.807, 2.05) is 66.2 Å². The first-order valence-electron chi connectivity index (χ1n) is 6.37. The van der Waals surface area contributed by atoms with Gasteiger partial charge in [0, 0.05) is 56.4 Å². The van der Waals surface area contributed by atoms with Gasteiger partial charge in [-0.3, -0.25) is 9.98 Å². The predicted molar refractivity (Wildman–Crippen MR) is 83.7 cm³/mol. The summed E-state index contributed by atoms with van der Waals surface area (Å²) in [7, 11) is 15.7. The third-order valence-electron chi connectivity index (χ3n) is 3.44. The SMILES string of the molecule is CN=C(N(C)C)N(C)C(C)(C)N(C)C(=NC)N(C)C. The fourth-order valence-electron chi connectivity index (χ4n) is 2.01. The van der Waals surface area contributed by atoms with Crippen LogP contribution in [0.5, 0.6) is 0 Å². The van der Waals surface area contributed by atoms with Gasteiger partial charge in [0.2, 0.25) is 0 Å². The van der Waals surface area contributed by atoms with Crippen molar-refractivity contribution < 1.29 is 0 Å². The van der Waals surface area contributed by atoms with Gasteiger partial charge in [0.05, 0.1) is 0 Å². The average Bonchev–Trinajstić information content (AvgIpc) is 2.29. The Morgan fingerprint density at radius 2 is 0.947 bits per heavy atom. The molecule has 0 fully saturated rings. The van der Waals surface area contributed by atoms with Crippen LogP contribution in [0.2, 0.25) is 0 Å². The van der Waals surface area contributed by atoms with Gasteiger partial charge in [-0.1, -0.05) is 0 Å². The van der Waals surface area contributed by atoms with Crippen LogP contribution in [0.25, 0.3) is 0 Å². The van der Waals surface area contributed by atoms with Crippen molar-refractivity contribution in [2.45, 2.75) is 19.5 Å². The second-order valence-electron chi connectivity index (χ2n) is 5.45. The van der Waals surface area contributed by atoms with Crippen molar-refractivity contribution in [1.29, 1.82) is 0 Å². The summed E-state index contributed by atoms with van der Waals surface area (Å²) in [6, 6.07) is 0. The van der Waals surface area contributed by atoms with Crippen molar-refractivity contribution in [3.63, 3.8) is 0 Å². The summed E-state index contributed by atoms with van der Waals surface area (Å²) in [4.78, 5) is 17.0. The molecule has 112 valence electrons. The first-order valence-corrected chi connectivity index (χ1v) is 6.37. The molecule has 0 saturated heterocycles. The van der Waals surface area contributed by atoms with E-state index in [0.717, 1.165) is 11.9 Å². The number of aliphatic imine (C=N–C) groups is 2.